The zero-order valence-electron chi connectivity index (χ0n) is 15.1. The molecule has 0 radical (unpaired) electrons. The van der Waals surface area contributed by atoms with Gasteiger partial charge in [-0.05, 0) is 62.7 Å². The van der Waals surface area contributed by atoms with E-state index >= 15 is 0 Å². The maximum atomic E-state index is 13.8. The molecule has 0 spiro atoms. The van der Waals surface area contributed by atoms with Crippen molar-refractivity contribution in [2.45, 2.75) is 25.7 Å². The predicted octanol–water partition coefficient (Wildman–Crippen LogP) is 4.36. The van der Waals surface area contributed by atoms with Crippen molar-refractivity contribution < 1.29 is 13.6 Å². The summed E-state index contributed by atoms with van der Waals surface area (Å²) in [6.45, 7) is 0.919. The van der Waals surface area contributed by atoms with E-state index in [0.717, 1.165) is 30.3 Å². The average Bonchev–Trinajstić information content (AvgIpc) is 2.61. The summed E-state index contributed by atoms with van der Waals surface area (Å²) in [5.41, 5.74) is 3.49. The van der Waals surface area contributed by atoms with E-state index in [1.54, 1.807) is 6.07 Å². The molecule has 0 saturated heterocycles. The smallest absolute Gasteiger partial charge is 0.170 e. The van der Waals surface area contributed by atoms with E-state index in [1.807, 2.05) is 32.3 Å². The first-order chi connectivity index (χ1) is 12.4. The van der Waals surface area contributed by atoms with E-state index in [4.69, 9.17) is 0 Å². The van der Waals surface area contributed by atoms with Gasteiger partial charge >= 0.3 is 0 Å². The number of rotatable bonds is 6. The fourth-order valence-corrected chi connectivity index (χ4v) is 3.07. The zero-order chi connectivity index (χ0) is 18.7. The lowest BCUT2D eigenvalue weighted by Gasteiger charge is -2.16. The average molecular weight is 356 g/mol. The molecule has 26 heavy (non-hydrogen) atoms. The molecule has 0 saturated carbocycles. The number of Topliss-reactive ketones (excluding diaryl/α,β-unsaturated/α-hetero) is 1. The van der Waals surface area contributed by atoms with Gasteiger partial charge in [-0.2, -0.15) is 0 Å². The molecule has 1 heterocycles. The van der Waals surface area contributed by atoms with Crippen molar-refractivity contribution in [2.75, 3.05) is 20.6 Å². The molecule has 0 bridgehead atoms. The molecule has 2 aromatic rings. The first-order valence-electron chi connectivity index (χ1n) is 8.74. The Morgan fingerprint density at radius 2 is 1.88 bits per heavy atom. The molecule has 5 heteroatoms. The Kier molecular flexibility index (Phi) is 5.57. The molecule has 0 atom stereocenters. The molecule has 2 aromatic carbocycles. The van der Waals surface area contributed by atoms with Gasteiger partial charge in [0.2, 0.25) is 0 Å². The number of likely N-dealkylation sites (N-methyl/N-ethyl adjacent to an activating group) is 1. The molecule has 0 fully saturated rings. The first kappa shape index (κ1) is 18.4. The van der Waals surface area contributed by atoms with E-state index < -0.39 is 11.6 Å². The molecule has 3 nitrogen and oxygen atoms in total. The Morgan fingerprint density at radius 1 is 1.08 bits per heavy atom. The largest absolute Gasteiger partial charge is 0.309 e. The fourth-order valence-electron chi connectivity index (χ4n) is 3.07. The molecular weight excluding hydrogens is 334 g/mol. The monoisotopic (exact) mass is 356 g/mol. The number of carbonyl (C=O) groups excluding carboxylic acids is 1. The van der Waals surface area contributed by atoms with Crippen LogP contribution in [0.5, 0.6) is 0 Å². The van der Waals surface area contributed by atoms with Gasteiger partial charge in [-0.25, -0.2) is 8.78 Å². The topological polar surface area (TPSA) is 32.7 Å². The Bertz CT molecular complexity index is 859. The number of hydrogen-bond donors (Lipinski definition) is 0. The summed E-state index contributed by atoms with van der Waals surface area (Å²) in [5.74, 6) is -1.63. The Morgan fingerprint density at radius 3 is 2.65 bits per heavy atom. The summed E-state index contributed by atoms with van der Waals surface area (Å²) in [7, 11) is 4.04. The molecule has 0 aliphatic carbocycles. The van der Waals surface area contributed by atoms with E-state index in [2.05, 4.69) is 9.89 Å². The maximum Gasteiger partial charge on any atom is 0.170 e. The van der Waals surface area contributed by atoms with Gasteiger partial charge in [-0.3, -0.25) is 9.79 Å². The normalized spacial score (nSPS) is 13.7. The zero-order valence-corrected chi connectivity index (χ0v) is 15.1. The van der Waals surface area contributed by atoms with Crippen LogP contribution in [0.1, 0.15) is 34.3 Å². The van der Waals surface area contributed by atoms with Crippen LogP contribution >= 0.6 is 0 Å². The summed E-state index contributed by atoms with van der Waals surface area (Å²) in [4.78, 5) is 19.1. The third-order valence-corrected chi connectivity index (χ3v) is 4.57. The molecular formula is C21H22F2N2O. The molecule has 136 valence electrons. The van der Waals surface area contributed by atoms with Crippen molar-refractivity contribution >= 4 is 17.2 Å². The Hall–Kier alpha value is -2.40. The lowest BCUT2D eigenvalue weighted by atomic mass is 9.95. The minimum Gasteiger partial charge on any atom is -0.309 e. The van der Waals surface area contributed by atoms with Crippen molar-refractivity contribution in [3.05, 3.63) is 64.7 Å². The second-order valence-corrected chi connectivity index (χ2v) is 6.90. The van der Waals surface area contributed by atoms with Crippen molar-refractivity contribution in [1.29, 1.82) is 0 Å². The number of carbonyl (C=O) groups is 1. The van der Waals surface area contributed by atoms with Gasteiger partial charge in [0.1, 0.15) is 0 Å². The maximum absolute atomic E-state index is 13.8. The summed E-state index contributed by atoms with van der Waals surface area (Å²) in [6, 6.07) is 9.94. The number of aliphatic imine (C=N–C) groups is 1. The van der Waals surface area contributed by atoms with Gasteiger partial charge < -0.3 is 4.90 Å². The van der Waals surface area contributed by atoms with Gasteiger partial charge in [0.15, 0.2) is 17.4 Å². The minimum absolute atomic E-state index is 0.0314. The minimum atomic E-state index is -0.847. The van der Waals surface area contributed by atoms with E-state index in [-0.39, 0.29) is 12.2 Å². The molecule has 0 unspecified atom stereocenters. The van der Waals surface area contributed by atoms with Crippen LogP contribution in [-0.4, -0.2) is 37.0 Å². The van der Waals surface area contributed by atoms with E-state index in [0.29, 0.717) is 29.7 Å². The summed E-state index contributed by atoms with van der Waals surface area (Å²) in [5, 5.41) is 0. The van der Waals surface area contributed by atoms with Crippen LogP contribution in [0.15, 0.2) is 41.4 Å². The Balaban J connectivity index is 1.77. The number of halogens is 2. The standard InChI is InChI=1S/C21H22F2N2O/c1-25(2)11-10-14-6-9-17-19(12-14)24-16(13-20(17)26)8-7-15-4-3-5-18(22)21(15)23/h3-6,9,12H,7-8,10-11,13H2,1-2H3. The number of fused-ring (bicyclic) bond motifs is 1. The highest BCUT2D eigenvalue weighted by atomic mass is 19.2. The van der Waals surface area contributed by atoms with Gasteiger partial charge in [0.25, 0.3) is 0 Å². The molecule has 0 aromatic heterocycles. The van der Waals surface area contributed by atoms with Gasteiger partial charge in [0.05, 0.1) is 5.69 Å². The fraction of sp³-hybridized carbons (Fsp3) is 0.333. The molecule has 0 amide bonds. The van der Waals surface area contributed by atoms with Crippen LogP contribution in [0.3, 0.4) is 0 Å². The van der Waals surface area contributed by atoms with Crippen LogP contribution in [-0.2, 0) is 12.8 Å². The number of benzene rings is 2. The molecule has 1 aliphatic rings. The first-order valence-corrected chi connectivity index (χ1v) is 8.74. The van der Waals surface area contributed by atoms with Crippen LogP contribution in [0.2, 0.25) is 0 Å². The van der Waals surface area contributed by atoms with Gasteiger partial charge in [-0.15, -0.1) is 0 Å². The quantitative estimate of drug-likeness (QED) is 0.770. The van der Waals surface area contributed by atoms with Crippen LogP contribution in [0, 0.1) is 11.6 Å². The highest BCUT2D eigenvalue weighted by molar-refractivity contribution is 6.15. The number of aryl methyl sites for hydroxylation is 1. The highest BCUT2D eigenvalue weighted by Crippen LogP contribution is 2.28. The highest BCUT2D eigenvalue weighted by Gasteiger charge is 2.20. The van der Waals surface area contributed by atoms with Gasteiger partial charge in [-0.1, -0.05) is 18.2 Å². The van der Waals surface area contributed by atoms with Crippen molar-refractivity contribution in [1.82, 2.24) is 4.90 Å². The molecule has 0 N–H and O–H groups in total. The van der Waals surface area contributed by atoms with Gasteiger partial charge in [0, 0.05) is 24.2 Å². The molecule has 1 aliphatic heterocycles. The van der Waals surface area contributed by atoms with Crippen molar-refractivity contribution in [3.8, 4) is 0 Å². The number of nitrogens with zero attached hydrogens (tertiary/aromatic N) is 2. The second-order valence-electron chi connectivity index (χ2n) is 6.90. The predicted molar refractivity (Wildman–Crippen MR) is 99.4 cm³/mol. The third-order valence-electron chi connectivity index (χ3n) is 4.57. The second kappa shape index (κ2) is 7.87. The van der Waals surface area contributed by atoms with Crippen LogP contribution in [0.25, 0.3) is 0 Å². The summed E-state index contributed by atoms with van der Waals surface area (Å²) >= 11 is 0. The molecule has 3 rings (SSSR count). The number of hydrogen-bond acceptors (Lipinski definition) is 3. The summed E-state index contributed by atoms with van der Waals surface area (Å²) in [6.07, 6.45) is 1.88. The van der Waals surface area contributed by atoms with Crippen molar-refractivity contribution in [2.24, 2.45) is 4.99 Å². The summed E-state index contributed by atoms with van der Waals surface area (Å²) < 4.78 is 27.1. The van der Waals surface area contributed by atoms with E-state index in [9.17, 15) is 13.6 Å². The van der Waals surface area contributed by atoms with Crippen molar-refractivity contribution in [3.63, 3.8) is 0 Å². The van der Waals surface area contributed by atoms with Crippen LogP contribution < -0.4 is 0 Å². The number of ketones is 1. The van der Waals surface area contributed by atoms with Crippen LogP contribution in [0.4, 0.5) is 14.5 Å². The Labute approximate surface area is 152 Å². The SMILES string of the molecule is CN(C)CCc1ccc2c(c1)N=C(CCc1cccc(F)c1F)CC2=O. The lowest BCUT2D eigenvalue weighted by molar-refractivity contribution is 0.0999. The third kappa shape index (κ3) is 4.22. The lowest BCUT2D eigenvalue weighted by Crippen LogP contribution is -2.16. The van der Waals surface area contributed by atoms with E-state index in [1.165, 1.54) is 6.07 Å².